The van der Waals surface area contributed by atoms with Crippen molar-refractivity contribution in [3.05, 3.63) is 34.1 Å². The van der Waals surface area contributed by atoms with Gasteiger partial charge in [0, 0.05) is 10.9 Å². The van der Waals surface area contributed by atoms with Gasteiger partial charge in [-0.2, -0.15) is 0 Å². The summed E-state index contributed by atoms with van der Waals surface area (Å²) in [4.78, 5) is 0. The highest BCUT2D eigenvalue weighted by molar-refractivity contribution is 5.89. The first-order valence-corrected chi connectivity index (χ1v) is 6.75. The number of hydrogen-bond acceptors (Lipinski definition) is 2. The summed E-state index contributed by atoms with van der Waals surface area (Å²) in [5, 5.41) is 4.54. The van der Waals surface area contributed by atoms with Crippen molar-refractivity contribution in [1.29, 1.82) is 0 Å². The van der Waals surface area contributed by atoms with Crippen LogP contribution in [0.25, 0.3) is 11.0 Å². The molecule has 98 valence electrons. The van der Waals surface area contributed by atoms with Crippen LogP contribution in [-0.4, -0.2) is 7.05 Å². The van der Waals surface area contributed by atoms with Crippen molar-refractivity contribution < 1.29 is 4.42 Å². The van der Waals surface area contributed by atoms with E-state index in [4.69, 9.17) is 4.42 Å². The molecule has 1 N–H and O–H groups in total. The molecule has 2 nitrogen and oxygen atoms in total. The fourth-order valence-electron chi connectivity index (χ4n) is 2.70. The van der Waals surface area contributed by atoms with E-state index >= 15 is 0 Å². The SMILES string of the molecule is CCCc1c(CNC)oc2c(C)c(C)cc(C)c12. The Morgan fingerprint density at radius 1 is 1.17 bits per heavy atom. The van der Waals surface area contributed by atoms with E-state index in [0.717, 1.165) is 30.7 Å². The minimum atomic E-state index is 0.807. The van der Waals surface area contributed by atoms with E-state index in [1.165, 1.54) is 27.6 Å². The van der Waals surface area contributed by atoms with Gasteiger partial charge in [-0.15, -0.1) is 0 Å². The molecule has 18 heavy (non-hydrogen) atoms. The van der Waals surface area contributed by atoms with E-state index in [2.05, 4.69) is 39.1 Å². The largest absolute Gasteiger partial charge is 0.459 e. The number of nitrogens with one attached hydrogen (secondary N) is 1. The van der Waals surface area contributed by atoms with Gasteiger partial charge >= 0.3 is 0 Å². The van der Waals surface area contributed by atoms with Gasteiger partial charge in [0.2, 0.25) is 0 Å². The predicted octanol–water partition coefficient (Wildman–Crippen LogP) is 4.03. The van der Waals surface area contributed by atoms with Gasteiger partial charge in [0.25, 0.3) is 0 Å². The van der Waals surface area contributed by atoms with Gasteiger partial charge in [0.15, 0.2) is 0 Å². The van der Waals surface area contributed by atoms with Crippen molar-refractivity contribution in [2.24, 2.45) is 0 Å². The van der Waals surface area contributed by atoms with Gasteiger partial charge in [0.05, 0.1) is 6.54 Å². The van der Waals surface area contributed by atoms with E-state index in [9.17, 15) is 0 Å². The maximum absolute atomic E-state index is 6.12. The zero-order valence-corrected chi connectivity index (χ0v) is 12.1. The Morgan fingerprint density at radius 2 is 1.89 bits per heavy atom. The Labute approximate surface area is 109 Å². The van der Waals surface area contributed by atoms with E-state index in [1.807, 2.05) is 7.05 Å². The lowest BCUT2D eigenvalue weighted by Crippen LogP contribution is -2.06. The molecule has 0 aliphatic rings. The van der Waals surface area contributed by atoms with Gasteiger partial charge < -0.3 is 9.73 Å². The Bertz CT molecular complexity index is 566. The van der Waals surface area contributed by atoms with Crippen LogP contribution >= 0.6 is 0 Å². The molecule has 2 heteroatoms. The van der Waals surface area contributed by atoms with Crippen molar-refractivity contribution in [2.75, 3.05) is 7.05 Å². The minimum absolute atomic E-state index is 0.807. The minimum Gasteiger partial charge on any atom is -0.459 e. The van der Waals surface area contributed by atoms with Crippen molar-refractivity contribution in [3.63, 3.8) is 0 Å². The van der Waals surface area contributed by atoms with E-state index in [1.54, 1.807) is 0 Å². The summed E-state index contributed by atoms with van der Waals surface area (Å²) >= 11 is 0. The summed E-state index contributed by atoms with van der Waals surface area (Å²) in [5.74, 6) is 1.10. The molecule has 2 rings (SSSR count). The first-order valence-electron chi connectivity index (χ1n) is 6.75. The van der Waals surface area contributed by atoms with Gasteiger partial charge in [0.1, 0.15) is 11.3 Å². The zero-order valence-electron chi connectivity index (χ0n) is 12.1. The maximum Gasteiger partial charge on any atom is 0.138 e. The summed E-state index contributed by atoms with van der Waals surface area (Å²) in [6.45, 7) is 9.52. The highest BCUT2D eigenvalue weighted by atomic mass is 16.3. The average Bonchev–Trinajstić information content (AvgIpc) is 2.67. The molecular weight excluding hydrogens is 222 g/mol. The smallest absolute Gasteiger partial charge is 0.138 e. The molecule has 0 unspecified atom stereocenters. The number of benzene rings is 1. The van der Waals surface area contributed by atoms with Crippen molar-refractivity contribution >= 4 is 11.0 Å². The number of rotatable bonds is 4. The number of aryl methyl sites for hydroxylation is 4. The Balaban J connectivity index is 2.75. The van der Waals surface area contributed by atoms with Crippen LogP contribution in [0, 0.1) is 20.8 Å². The molecule has 2 aromatic rings. The molecular formula is C16H23NO. The van der Waals surface area contributed by atoms with E-state index in [0.29, 0.717) is 0 Å². The summed E-state index contributed by atoms with van der Waals surface area (Å²) in [5.41, 5.74) is 6.40. The molecule has 0 saturated carbocycles. The second-order valence-electron chi connectivity index (χ2n) is 5.12. The van der Waals surface area contributed by atoms with Crippen LogP contribution in [0.5, 0.6) is 0 Å². The fraction of sp³-hybridized carbons (Fsp3) is 0.500. The molecule has 0 aliphatic heterocycles. The molecule has 0 saturated heterocycles. The third kappa shape index (κ3) is 2.05. The first-order chi connectivity index (χ1) is 8.60. The number of hydrogen-bond donors (Lipinski definition) is 1. The molecule has 0 radical (unpaired) electrons. The molecule has 0 fully saturated rings. The molecule has 0 atom stereocenters. The molecule has 1 aromatic carbocycles. The van der Waals surface area contributed by atoms with E-state index < -0.39 is 0 Å². The zero-order chi connectivity index (χ0) is 13.3. The van der Waals surface area contributed by atoms with Crippen LogP contribution in [-0.2, 0) is 13.0 Å². The van der Waals surface area contributed by atoms with E-state index in [-0.39, 0.29) is 0 Å². The number of furan rings is 1. The Kier molecular flexibility index (Phi) is 3.76. The van der Waals surface area contributed by atoms with Crippen LogP contribution in [0.2, 0.25) is 0 Å². The third-order valence-electron chi connectivity index (χ3n) is 3.69. The van der Waals surface area contributed by atoms with Crippen LogP contribution in [0.4, 0.5) is 0 Å². The second-order valence-corrected chi connectivity index (χ2v) is 5.12. The molecule has 0 spiro atoms. The van der Waals surface area contributed by atoms with Crippen LogP contribution in [0.3, 0.4) is 0 Å². The third-order valence-corrected chi connectivity index (χ3v) is 3.69. The second kappa shape index (κ2) is 5.15. The van der Waals surface area contributed by atoms with Crippen molar-refractivity contribution in [1.82, 2.24) is 5.32 Å². The fourth-order valence-corrected chi connectivity index (χ4v) is 2.70. The topological polar surface area (TPSA) is 25.2 Å². The molecule has 0 amide bonds. The average molecular weight is 245 g/mol. The summed E-state index contributed by atoms with van der Waals surface area (Å²) in [6, 6.07) is 2.27. The summed E-state index contributed by atoms with van der Waals surface area (Å²) in [7, 11) is 1.97. The van der Waals surface area contributed by atoms with Gasteiger partial charge in [-0.3, -0.25) is 0 Å². The maximum atomic E-state index is 6.12. The summed E-state index contributed by atoms with van der Waals surface area (Å²) in [6.07, 6.45) is 2.24. The van der Waals surface area contributed by atoms with Crippen LogP contribution in [0.1, 0.15) is 41.4 Å². The van der Waals surface area contributed by atoms with Crippen molar-refractivity contribution in [3.8, 4) is 0 Å². The monoisotopic (exact) mass is 245 g/mol. The lowest BCUT2D eigenvalue weighted by atomic mass is 9.97. The van der Waals surface area contributed by atoms with Crippen molar-refractivity contribution in [2.45, 2.75) is 47.1 Å². The normalized spacial score (nSPS) is 11.4. The molecule has 0 bridgehead atoms. The summed E-state index contributed by atoms with van der Waals surface area (Å²) < 4.78 is 6.12. The van der Waals surface area contributed by atoms with Crippen LogP contribution < -0.4 is 5.32 Å². The molecule has 1 heterocycles. The van der Waals surface area contributed by atoms with Gasteiger partial charge in [-0.25, -0.2) is 0 Å². The first kappa shape index (κ1) is 13.2. The van der Waals surface area contributed by atoms with Gasteiger partial charge in [-0.1, -0.05) is 19.4 Å². The predicted molar refractivity (Wildman–Crippen MR) is 77.2 cm³/mol. The highest BCUT2D eigenvalue weighted by Crippen LogP contribution is 2.33. The quantitative estimate of drug-likeness (QED) is 0.879. The molecule has 0 aliphatic carbocycles. The lowest BCUT2D eigenvalue weighted by Gasteiger charge is -2.05. The molecule has 1 aromatic heterocycles. The standard InChI is InChI=1S/C16H23NO/c1-6-7-13-14(9-17-5)18-16-12(4)10(2)8-11(3)15(13)16/h8,17H,6-7,9H2,1-5H3. The Hall–Kier alpha value is -1.28. The van der Waals surface area contributed by atoms with Crippen LogP contribution in [0.15, 0.2) is 10.5 Å². The highest BCUT2D eigenvalue weighted by Gasteiger charge is 2.17. The Morgan fingerprint density at radius 3 is 2.50 bits per heavy atom. The number of fused-ring (bicyclic) bond motifs is 1. The van der Waals surface area contributed by atoms with Gasteiger partial charge in [-0.05, 0) is 50.9 Å². The lowest BCUT2D eigenvalue weighted by molar-refractivity contribution is 0.521.